The van der Waals surface area contributed by atoms with E-state index in [1.54, 1.807) is 11.8 Å². The average molecular weight is 1050 g/mol. The van der Waals surface area contributed by atoms with Crippen molar-refractivity contribution in [1.29, 1.82) is 0 Å². The Labute approximate surface area is 403 Å². The number of aromatic nitrogens is 2. The Bertz CT molecular complexity index is 3110. The Morgan fingerprint density at radius 3 is 1.85 bits per heavy atom. The van der Waals surface area contributed by atoms with Crippen LogP contribution >= 0.6 is 11.8 Å². The van der Waals surface area contributed by atoms with Gasteiger partial charge in [0, 0.05) is 60.7 Å². The Morgan fingerprint density at radius 1 is 0.523 bits per heavy atom. The maximum Gasteiger partial charge on any atom is 0.135 e. The first-order valence-corrected chi connectivity index (χ1v) is 23.0. The molecule has 9 aromatic rings. The molecule has 0 aliphatic carbocycles. The summed E-state index contributed by atoms with van der Waals surface area (Å²) in [6.07, 6.45) is 1.93. The van der Waals surface area contributed by atoms with Crippen LogP contribution in [0.5, 0.6) is 0 Å². The molecule has 4 nitrogen and oxygen atoms in total. The number of hydrogen-bond acceptors (Lipinski definition) is 4. The molecule has 6 heteroatoms. The number of para-hydroxylation sites is 1. The summed E-state index contributed by atoms with van der Waals surface area (Å²) in [5.74, 6) is 0.901. The van der Waals surface area contributed by atoms with E-state index >= 15 is 0 Å². The van der Waals surface area contributed by atoms with E-state index in [1.807, 2.05) is 6.20 Å². The van der Waals surface area contributed by atoms with Crippen molar-refractivity contribution in [2.45, 2.75) is 81.4 Å². The van der Waals surface area contributed by atoms with Crippen LogP contribution in [0.2, 0.25) is 0 Å². The van der Waals surface area contributed by atoms with Gasteiger partial charge < -0.3 is 14.4 Å². The van der Waals surface area contributed by atoms with E-state index in [0.29, 0.717) is 0 Å². The summed E-state index contributed by atoms with van der Waals surface area (Å²) in [5, 5.41) is 2.35. The second-order valence-electron chi connectivity index (χ2n) is 19.2. The van der Waals surface area contributed by atoms with Crippen LogP contribution in [-0.2, 0) is 37.3 Å². The third kappa shape index (κ3) is 8.23. The van der Waals surface area contributed by atoms with Gasteiger partial charge in [0.15, 0.2) is 0 Å². The molecule has 0 fully saturated rings. The number of fused-ring (bicyclic) bond motifs is 4. The van der Waals surface area contributed by atoms with Gasteiger partial charge in [-0.15, -0.1) is 57.5 Å². The monoisotopic (exact) mass is 1040 g/mol. The Balaban J connectivity index is 0.00000533. The molecule has 0 amide bonds. The molecular formula is C59H53N4PtS-3. The predicted octanol–water partition coefficient (Wildman–Crippen LogP) is 15.6. The van der Waals surface area contributed by atoms with Crippen LogP contribution in [0.3, 0.4) is 0 Å². The Kier molecular flexibility index (Phi) is 11.7. The topological polar surface area (TPSA) is 24.3 Å². The number of anilines is 4. The molecule has 7 aromatic carbocycles. The van der Waals surface area contributed by atoms with E-state index in [-0.39, 0.29) is 37.3 Å². The van der Waals surface area contributed by atoms with Crippen LogP contribution in [0.25, 0.3) is 27.6 Å². The molecule has 0 radical (unpaired) electrons. The minimum absolute atomic E-state index is 0. The van der Waals surface area contributed by atoms with E-state index in [4.69, 9.17) is 4.98 Å². The van der Waals surface area contributed by atoms with Gasteiger partial charge in [0.05, 0.1) is 0 Å². The maximum atomic E-state index is 4.89. The SMILES string of the molecule is Cc1ccc2c(c1)N(c1cc(C(C)(C)c3ccccc3)cc(C(C)(C)c3ccccc3)c1)[CH-]N2c1[c-]c(Sc2[c-]c3c(cc2)c2ccccc2n3-c2cc(C(C)(C)C)ccn2)ccc1.[Pt]. The predicted molar refractivity (Wildman–Crippen MR) is 269 cm³/mol. The molecule has 3 heterocycles. The van der Waals surface area contributed by atoms with Crippen LogP contribution < -0.4 is 9.80 Å². The fourth-order valence-corrected chi connectivity index (χ4v) is 9.94. The molecule has 0 saturated carbocycles. The molecule has 328 valence electrons. The largest absolute Gasteiger partial charge is 0.493 e. The standard InChI is InChI=1S/C59H53N4S.Pt/c1-40-26-29-53-55(32-40)62(47-34-44(58(5,6)41-18-11-9-12-19-41)33-45(35-47)59(7,8)42-20-13-10-14-21-42)39-61(53)46-22-17-23-48(37-46)64-49-27-28-51-50-24-15-16-25-52(50)63(54(51)38-49)56-36-43(30-31-60-56)57(2,3)4;/h9-36,39H,1-8H3;/q-3;. The summed E-state index contributed by atoms with van der Waals surface area (Å²) in [5.41, 5.74) is 13.6. The van der Waals surface area contributed by atoms with Gasteiger partial charge in [0.2, 0.25) is 0 Å². The minimum Gasteiger partial charge on any atom is -0.493 e. The van der Waals surface area contributed by atoms with Gasteiger partial charge in [-0.05, 0) is 93.6 Å². The van der Waals surface area contributed by atoms with Gasteiger partial charge in [-0.1, -0.05) is 145 Å². The number of pyridine rings is 1. The molecule has 2 aromatic heterocycles. The molecule has 1 aliphatic heterocycles. The van der Waals surface area contributed by atoms with E-state index in [1.165, 1.54) is 38.8 Å². The van der Waals surface area contributed by atoms with Crippen LogP contribution in [0.1, 0.15) is 81.8 Å². The fraction of sp³-hybridized carbons (Fsp3) is 0.186. The molecule has 0 atom stereocenters. The molecule has 10 rings (SSSR count). The van der Waals surface area contributed by atoms with Crippen molar-refractivity contribution in [3.8, 4) is 5.82 Å². The fourth-order valence-electron chi connectivity index (χ4n) is 9.12. The van der Waals surface area contributed by atoms with Gasteiger partial charge in [-0.2, -0.15) is 24.3 Å². The van der Waals surface area contributed by atoms with Gasteiger partial charge in [0.1, 0.15) is 5.82 Å². The van der Waals surface area contributed by atoms with Crippen molar-refractivity contribution in [2.24, 2.45) is 0 Å². The summed E-state index contributed by atoms with van der Waals surface area (Å²) in [7, 11) is 0. The van der Waals surface area contributed by atoms with E-state index in [9.17, 15) is 0 Å². The first-order valence-electron chi connectivity index (χ1n) is 22.2. The second-order valence-corrected chi connectivity index (χ2v) is 20.3. The van der Waals surface area contributed by atoms with Crippen LogP contribution in [0, 0.1) is 25.7 Å². The molecule has 1 aliphatic rings. The van der Waals surface area contributed by atoms with Gasteiger partial charge in [0.25, 0.3) is 0 Å². The van der Waals surface area contributed by atoms with Crippen LogP contribution in [0.4, 0.5) is 22.7 Å². The normalized spacial score (nSPS) is 13.0. The van der Waals surface area contributed by atoms with Gasteiger partial charge in [-0.3, -0.25) is 0 Å². The quantitative estimate of drug-likeness (QED) is 0.135. The average Bonchev–Trinajstić information content (AvgIpc) is 3.85. The zero-order chi connectivity index (χ0) is 44.4. The van der Waals surface area contributed by atoms with Crippen molar-refractivity contribution in [3.05, 3.63) is 222 Å². The summed E-state index contributed by atoms with van der Waals surface area (Å²) in [4.78, 5) is 11.6. The summed E-state index contributed by atoms with van der Waals surface area (Å²) < 4.78 is 2.26. The molecule has 0 saturated heterocycles. The van der Waals surface area contributed by atoms with Crippen molar-refractivity contribution in [1.82, 2.24) is 9.55 Å². The van der Waals surface area contributed by atoms with E-state index < -0.39 is 0 Å². The third-order valence-electron chi connectivity index (χ3n) is 13.1. The van der Waals surface area contributed by atoms with Gasteiger partial charge >= 0.3 is 0 Å². The number of nitrogens with zero attached hydrogens (tertiary/aromatic N) is 4. The number of benzene rings is 7. The smallest absolute Gasteiger partial charge is 0.135 e. The summed E-state index contributed by atoms with van der Waals surface area (Å²) in [6.45, 7) is 20.5. The summed E-state index contributed by atoms with van der Waals surface area (Å²) in [6, 6.07) is 67.1. The zero-order valence-electron chi connectivity index (χ0n) is 38.3. The first kappa shape index (κ1) is 44.3. The van der Waals surface area contributed by atoms with Crippen LogP contribution in [0.15, 0.2) is 180 Å². The molecule has 0 spiro atoms. The number of aryl methyl sites for hydroxylation is 1. The summed E-state index contributed by atoms with van der Waals surface area (Å²) >= 11 is 1.68. The number of hydrogen-bond donors (Lipinski definition) is 0. The van der Waals surface area contributed by atoms with Crippen molar-refractivity contribution >= 4 is 56.3 Å². The third-order valence-corrected chi connectivity index (χ3v) is 14.1. The number of rotatable bonds is 9. The Morgan fingerprint density at radius 2 is 1.17 bits per heavy atom. The van der Waals surface area contributed by atoms with Crippen molar-refractivity contribution in [2.75, 3.05) is 9.80 Å². The zero-order valence-corrected chi connectivity index (χ0v) is 41.3. The van der Waals surface area contributed by atoms with Crippen molar-refractivity contribution < 1.29 is 21.1 Å². The maximum absolute atomic E-state index is 4.89. The minimum atomic E-state index is -0.242. The van der Waals surface area contributed by atoms with Crippen molar-refractivity contribution in [3.63, 3.8) is 0 Å². The molecule has 65 heavy (non-hydrogen) atoms. The van der Waals surface area contributed by atoms with Gasteiger partial charge in [-0.25, -0.2) is 4.98 Å². The second kappa shape index (κ2) is 17.2. The molecular weight excluding hydrogens is 992 g/mol. The Hall–Kier alpha value is -5.87. The van der Waals surface area contributed by atoms with Crippen LogP contribution in [-0.4, -0.2) is 9.55 Å². The molecule has 0 N–H and O–H groups in total. The van der Waals surface area contributed by atoms with E-state index in [2.05, 4.69) is 252 Å². The van der Waals surface area contributed by atoms with E-state index in [0.717, 1.165) is 54.8 Å². The molecule has 0 unspecified atom stereocenters. The first-order chi connectivity index (χ1) is 30.8. The molecule has 0 bridgehead atoms.